The average molecular weight is 356 g/mol. The molecule has 0 saturated heterocycles. The van der Waals surface area contributed by atoms with Gasteiger partial charge < -0.3 is 19.7 Å². The van der Waals surface area contributed by atoms with E-state index in [1.807, 2.05) is 13.8 Å². The molecule has 0 unspecified atom stereocenters. The van der Waals surface area contributed by atoms with Crippen LogP contribution < -0.4 is 0 Å². The van der Waals surface area contributed by atoms with E-state index in [4.69, 9.17) is 9.47 Å². The van der Waals surface area contributed by atoms with E-state index in [2.05, 4.69) is 0 Å². The van der Waals surface area contributed by atoms with Crippen LogP contribution in [-0.2, 0) is 19.1 Å². The molecule has 25 heavy (non-hydrogen) atoms. The Kier molecular flexibility index (Phi) is 5.84. The van der Waals surface area contributed by atoms with Gasteiger partial charge in [0.2, 0.25) is 0 Å². The van der Waals surface area contributed by atoms with Crippen molar-refractivity contribution in [3.63, 3.8) is 0 Å². The molecule has 0 bridgehead atoms. The normalized spacial score (nSPS) is 42.2. The first-order chi connectivity index (χ1) is 11.5. The molecule has 2 fully saturated rings. The van der Waals surface area contributed by atoms with Crippen LogP contribution in [0.2, 0.25) is 0 Å². The number of aliphatic hydroxyl groups excluding tert-OH is 1. The summed E-state index contributed by atoms with van der Waals surface area (Å²) >= 11 is 0. The number of hydrogen-bond acceptors (Lipinski definition) is 6. The minimum Gasteiger partial charge on any atom is -0.466 e. The molecule has 0 aromatic heterocycles. The molecule has 2 aliphatic carbocycles. The largest absolute Gasteiger partial charge is 0.466 e. The fraction of sp³-hybridized carbons (Fsp3) is 0.895. The lowest BCUT2D eigenvalue weighted by molar-refractivity contribution is -0.229. The second kappa shape index (κ2) is 7.23. The lowest BCUT2D eigenvalue weighted by Crippen LogP contribution is -2.64. The molecule has 2 N–H and O–H groups in total. The first kappa shape index (κ1) is 20.2. The van der Waals surface area contributed by atoms with Gasteiger partial charge in [0.1, 0.15) is 6.10 Å². The van der Waals surface area contributed by atoms with Crippen molar-refractivity contribution in [1.82, 2.24) is 0 Å². The van der Waals surface area contributed by atoms with Crippen LogP contribution >= 0.6 is 0 Å². The Morgan fingerprint density at radius 3 is 2.36 bits per heavy atom. The Bertz CT molecular complexity index is 516. The summed E-state index contributed by atoms with van der Waals surface area (Å²) in [6.45, 7) is 8.76. The predicted octanol–water partition coefficient (Wildman–Crippen LogP) is 2.06. The Labute approximate surface area is 149 Å². The van der Waals surface area contributed by atoms with Crippen molar-refractivity contribution < 1.29 is 29.3 Å². The molecule has 7 atom stereocenters. The van der Waals surface area contributed by atoms with E-state index < -0.39 is 23.0 Å². The van der Waals surface area contributed by atoms with E-state index in [9.17, 15) is 19.8 Å². The molecule has 0 spiro atoms. The first-order valence-electron chi connectivity index (χ1n) is 9.20. The van der Waals surface area contributed by atoms with Gasteiger partial charge >= 0.3 is 11.9 Å². The lowest BCUT2D eigenvalue weighted by atomic mass is 9.50. The quantitative estimate of drug-likeness (QED) is 0.749. The minimum atomic E-state index is -1.02. The molecule has 0 aromatic carbocycles. The van der Waals surface area contributed by atoms with Crippen molar-refractivity contribution in [3.05, 3.63) is 0 Å². The molecule has 0 radical (unpaired) electrons. The van der Waals surface area contributed by atoms with E-state index in [1.165, 1.54) is 13.8 Å². The third-order valence-electron chi connectivity index (χ3n) is 6.41. The summed E-state index contributed by atoms with van der Waals surface area (Å²) in [5, 5.41) is 22.1. The van der Waals surface area contributed by atoms with Crippen LogP contribution in [0.3, 0.4) is 0 Å². The van der Waals surface area contributed by atoms with Gasteiger partial charge in [-0.1, -0.05) is 13.8 Å². The highest BCUT2D eigenvalue weighted by Gasteiger charge is 2.60. The van der Waals surface area contributed by atoms with Crippen LogP contribution in [0.4, 0.5) is 0 Å². The summed E-state index contributed by atoms with van der Waals surface area (Å²) in [5.74, 6) is -1.13. The second-order valence-corrected chi connectivity index (χ2v) is 8.45. The van der Waals surface area contributed by atoms with Crippen molar-refractivity contribution >= 4 is 11.9 Å². The highest BCUT2D eigenvalue weighted by Crippen LogP contribution is 2.57. The predicted molar refractivity (Wildman–Crippen MR) is 91.5 cm³/mol. The van der Waals surface area contributed by atoms with Crippen molar-refractivity contribution in [3.8, 4) is 0 Å². The first-order valence-corrected chi connectivity index (χ1v) is 9.20. The Balaban J connectivity index is 2.23. The van der Waals surface area contributed by atoms with Crippen LogP contribution in [0.1, 0.15) is 60.3 Å². The zero-order valence-electron chi connectivity index (χ0n) is 15.9. The fourth-order valence-electron chi connectivity index (χ4n) is 5.18. The van der Waals surface area contributed by atoms with E-state index in [0.717, 1.165) is 12.8 Å². The van der Waals surface area contributed by atoms with Crippen LogP contribution in [0.15, 0.2) is 0 Å². The molecule has 0 amide bonds. The summed E-state index contributed by atoms with van der Waals surface area (Å²) in [6, 6.07) is 0. The maximum absolute atomic E-state index is 11.5. The zero-order valence-corrected chi connectivity index (χ0v) is 15.9. The van der Waals surface area contributed by atoms with Crippen molar-refractivity contribution in [2.45, 2.75) is 78.1 Å². The molecule has 0 aliphatic heterocycles. The molecule has 6 heteroatoms. The van der Waals surface area contributed by atoms with Gasteiger partial charge in [-0.25, -0.2) is 0 Å². The highest BCUT2D eigenvalue weighted by atomic mass is 16.5. The number of esters is 2. The molecule has 0 aromatic rings. The fourth-order valence-corrected chi connectivity index (χ4v) is 5.18. The van der Waals surface area contributed by atoms with Crippen molar-refractivity contribution in [2.24, 2.45) is 23.2 Å². The van der Waals surface area contributed by atoms with Gasteiger partial charge in [0, 0.05) is 25.2 Å². The van der Waals surface area contributed by atoms with Gasteiger partial charge in [-0.05, 0) is 44.4 Å². The summed E-state index contributed by atoms with van der Waals surface area (Å²) in [4.78, 5) is 22.6. The molecule has 0 heterocycles. The second-order valence-electron chi connectivity index (χ2n) is 8.45. The smallest absolute Gasteiger partial charge is 0.302 e. The Morgan fingerprint density at radius 1 is 1.16 bits per heavy atom. The van der Waals surface area contributed by atoms with E-state index in [1.54, 1.807) is 6.92 Å². The maximum atomic E-state index is 11.5. The summed E-state index contributed by atoms with van der Waals surface area (Å²) < 4.78 is 10.7. The van der Waals surface area contributed by atoms with Crippen molar-refractivity contribution in [1.29, 1.82) is 0 Å². The number of fused-ring (bicyclic) bond motifs is 1. The Hall–Kier alpha value is -1.14. The monoisotopic (exact) mass is 356 g/mol. The maximum Gasteiger partial charge on any atom is 0.302 e. The standard InChI is InChI=1S/C19H32O6/c1-11(10-24-12(2)20)14-6-8-18(4)15(25-13(3)21)7-9-19(5,23)17(18)16(14)22/h11,14-17,22-23H,6-10H2,1-5H3/t11-,14+,15-,16+,17-,18+,19-/m1/s1. The van der Waals surface area contributed by atoms with Crippen LogP contribution in [0.25, 0.3) is 0 Å². The van der Waals surface area contributed by atoms with Gasteiger partial charge in [0.05, 0.1) is 18.3 Å². The van der Waals surface area contributed by atoms with Crippen LogP contribution in [-0.4, -0.2) is 46.6 Å². The lowest BCUT2D eigenvalue weighted by Gasteiger charge is -2.59. The average Bonchev–Trinajstić information content (AvgIpc) is 2.47. The van der Waals surface area contributed by atoms with Crippen LogP contribution in [0, 0.1) is 23.2 Å². The van der Waals surface area contributed by atoms with Gasteiger partial charge in [-0.2, -0.15) is 0 Å². The zero-order chi connectivity index (χ0) is 19.0. The van der Waals surface area contributed by atoms with Gasteiger partial charge in [-0.15, -0.1) is 0 Å². The summed E-state index contributed by atoms with van der Waals surface area (Å²) in [6.07, 6.45) is 1.53. The van der Waals surface area contributed by atoms with Crippen LogP contribution in [0.5, 0.6) is 0 Å². The number of rotatable bonds is 4. The molecule has 2 rings (SSSR count). The van der Waals surface area contributed by atoms with E-state index >= 15 is 0 Å². The molecular weight excluding hydrogens is 324 g/mol. The topological polar surface area (TPSA) is 93.1 Å². The van der Waals surface area contributed by atoms with Gasteiger partial charge in [0.15, 0.2) is 0 Å². The Morgan fingerprint density at radius 2 is 1.80 bits per heavy atom. The number of carbonyl (C=O) groups is 2. The third-order valence-corrected chi connectivity index (χ3v) is 6.41. The molecule has 2 saturated carbocycles. The summed E-state index contributed by atoms with van der Waals surface area (Å²) in [7, 11) is 0. The number of hydrogen-bond donors (Lipinski definition) is 2. The van der Waals surface area contributed by atoms with E-state index in [-0.39, 0.29) is 36.5 Å². The van der Waals surface area contributed by atoms with Gasteiger partial charge in [0.25, 0.3) is 0 Å². The molecule has 2 aliphatic rings. The van der Waals surface area contributed by atoms with Gasteiger partial charge in [-0.3, -0.25) is 9.59 Å². The SMILES string of the molecule is CC(=O)OC[C@@H](C)[C@@H]1CC[C@]2(C)[C@@H]([C@H]1O)[C@](C)(O)CC[C@H]2OC(C)=O. The minimum absolute atomic E-state index is 0.00616. The number of carbonyl (C=O) groups excluding carboxylic acids is 2. The number of aliphatic hydroxyl groups is 2. The summed E-state index contributed by atoms with van der Waals surface area (Å²) in [5.41, 5.74) is -1.49. The molecule has 6 nitrogen and oxygen atoms in total. The molecular formula is C19H32O6. The van der Waals surface area contributed by atoms with Crippen molar-refractivity contribution in [2.75, 3.05) is 6.61 Å². The number of ether oxygens (including phenoxy) is 2. The van der Waals surface area contributed by atoms with E-state index in [0.29, 0.717) is 12.8 Å². The molecule has 144 valence electrons. The third kappa shape index (κ3) is 4.00. The highest BCUT2D eigenvalue weighted by molar-refractivity contribution is 5.66.